The minimum atomic E-state index is -0.219. The van der Waals surface area contributed by atoms with Crippen molar-refractivity contribution in [3.8, 4) is 6.07 Å². The first-order chi connectivity index (χ1) is 10.8. The highest BCUT2D eigenvalue weighted by atomic mass is 19.1. The summed E-state index contributed by atoms with van der Waals surface area (Å²) in [7, 11) is 0. The van der Waals surface area contributed by atoms with Gasteiger partial charge in [0.15, 0.2) is 0 Å². The first-order valence-electron chi connectivity index (χ1n) is 7.60. The number of halogens is 1. The van der Waals surface area contributed by atoms with E-state index in [2.05, 4.69) is 17.8 Å². The highest BCUT2D eigenvalue weighted by molar-refractivity contribution is 5.40. The zero-order chi connectivity index (χ0) is 15.4. The molecule has 2 atom stereocenters. The summed E-state index contributed by atoms with van der Waals surface area (Å²) in [5.41, 5.74) is 2.66. The highest BCUT2D eigenvalue weighted by Gasteiger charge is 2.23. The van der Waals surface area contributed by atoms with Crippen LogP contribution in [0.3, 0.4) is 0 Å². The van der Waals surface area contributed by atoms with Crippen LogP contribution in [0.4, 0.5) is 4.39 Å². The Balaban J connectivity index is 1.92. The second kappa shape index (κ2) is 6.72. The molecule has 1 N–H and O–H groups in total. The molecule has 0 bridgehead atoms. The van der Waals surface area contributed by atoms with Crippen molar-refractivity contribution < 1.29 is 4.39 Å². The van der Waals surface area contributed by atoms with E-state index < -0.39 is 0 Å². The molecule has 0 spiro atoms. The molecule has 0 unspecified atom stereocenters. The van der Waals surface area contributed by atoms with Gasteiger partial charge >= 0.3 is 0 Å². The quantitative estimate of drug-likeness (QED) is 0.931. The standard InChI is InChI=1S/C19H18FN2/c20-17-4-1-3-16(11-17)19(12-18-5-2-10-22-18)15-8-6-14(13-21)7-9-15/h1,3-4,6-9,11-12,18-19,22H,2,5,10H2/t18-,19+/m0/s1. The predicted molar refractivity (Wildman–Crippen MR) is 84.7 cm³/mol. The number of rotatable bonds is 4. The highest BCUT2D eigenvalue weighted by Crippen LogP contribution is 2.31. The zero-order valence-electron chi connectivity index (χ0n) is 12.3. The minimum absolute atomic E-state index is 0.0269. The zero-order valence-corrected chi connectivity index (χ0v) is 12.3. The molecule has 22 heavy (non-hydrogen) atoms. The van der Waals surface area contributed by atoms with Gasteiger partial charge in [-0.3, -0.25) is 0 Å². The molecule has 111 valence electrons. The summed E-state index contributed by atoms with van der Waals surface area (Å²) < 4.78 is 13.6. The van der Waals surface area contributed by atoms with Crippen LogP contribution in [-0.4, -0.2) is 12.6 Å². The summed E-state index contributed by atoms with van der Waals surface area (Å²) in [4.78, 5) is 0. The van der Waals surface area contributed by atoms with E-state index in [1.54, 1.807) is 12.1 Å². The fraction of sp³-hybridized carbons (Fsp3) is 0.263. The van der Waals surface area contributed by atoms with Crippen molar-refractivity contribution in [2.24, 2.45) is 0 Å². The van der Waals surface area contributed by atoms with Crippen LogP contribution in [0.15, 0.2) is 48.5 Å². The molecule has 0 amide bonds. The summed E-state index contributed by atoms with van der Waals surface area (Å²) >= 11 is 0. The van der Waals surface area contributed by atoms with Crippen molar-refractivity contribution in [3.63, 3.8) is 0 Å². The molecule has 2 aromatic rings. The summed E-state index contributed by atoms with van der Waals surface area (Å²) in [5, 5.41) is 12.4. The van der Waals surface area contributed by atoms with Crippen molar-refractivity contribution in [1.82, 2.24) is 5.32 Å². The van der Waals surface area contributed by atoms with Crippen molar-refractivity contribution in [1.29, 1.82) is 5.26 Å². The monoisotopic (exact) mass is 293 g/mol. The van der Waals surface area contributed by atoms with Crippen molar-refractivity contribution in [2.75, 3.05) is 6.54 Å². The van der Waals surface area contributed by atoms with E-state index in [0.717, 1.165) is 24.1 Å². The van der Waals surface area contributed by atoms with E-state index in [1.165, 1.54) is 12.5 Å². The van der Waals surface area contributed by atoms with Gasteiger partial charge in [-0.25, -0.2) is 4.39 Å². The molecule has 0 aliphatic carbocycles. The van der Waals surface area contributed by atoms with Gasteiger partial charge in [0.05, 0.1) is 11.6 Å². The van der Waals surface area contributed by atoms with Gasteiger partial charge in [0.2, 0.25) is 0 Å². The van der Waals surface area contributed by atoms with Crippen molar-refractivity contribution in [3.05, 3.63) is 77.5 Å². The molecule has 2 aromatic carbocycles. The molecule has 1 radical (unpaired) electrons. The van der Waals surface area contributed by atoms with Gasteiger partial charge in [-0.2, -0.15) is 5.26 Å². The molecule has 1 heterocycles. The molecule has 1 fully saturated rings. The summed E-state index contributed by atoms with van der Waals surface area (Å²) in [5.74, 6) is -0.192. The molecule has 0 saturated carbocycles. The Hall–Kier alpha value is -2.18. The lowest BCUT2D eigenvalue weighted by Crippen LogP contribution is -2.25. The number of nitriles is 1. The second-order valence-electron chi connectivity index (χ2n) is 5.66. The first kappa shape index (κ1) is 14.7. The summed E-state index contributed by atoms with van der Waals surface area (Å²) in [6.45, 7) is 1.03. The lowest BCUT2D eigenvalue weighted by Gasteiger charge is -2.22. The lowest BCUT2D eigenvalue weighted by molar-refractivity contribution is 0.617. The molecule has 1 aliphatic rings. The van der Waals surface area contributed by atoms with Crippen molar-refractivity contribution in [2.45, 2.75) is 24.8 Å². The van der Waals surface area contributed by atoms with Crippen LogP contribution in [0.25, 0.3) is 0 Å². The van der Waals surface area contributed by atoms with Crippen LogP contribution in [0.5, 0.6) is 0 Å². The van der Waals surface area contributed by atoms with E-state index in [1.807, 2.05) is 30.3 Å². The maximum absolute atomic E-state index is 13.6. The second-order valence-corrected chi connectivity index (χ2v) is 5.66. The van der Waals surface area contributed by atoms with Gasteiger partial charge in [0.25, 0.3) is 0 Å². The van der Waals surface area contributed by atoms with Gasteiger partial charge in [-0.15, -0.1) is 0 Å². The lowest BCUT2D eigenvalue weighted by atomic mass is 9.85. The van der Waals surface area contributed by atoms with Gasteiger partial charge < -0.3 is 5.32 Å². The third-order valence-corrected chi connectivity index (χ3v) is 4.13. The Labute approximate surface area is 130 Å². The Kier molecular flexibility index (Phi) is 4.50. The fourth-order valence-electron chi connectivity index (χ4n) is 2.99. The normalized spacial score (nSPS) is 18.8. The van der Waals surface area contributed by atoms with Crippen LogP contribution >= 0.6 is 0 Å². The Morgan fingerprint density at radius 3 is 2.64 bits per heavy atom. The SMILES string of the molecule is N#Cc1ccc([C@@H]([CH][C@@H]2CCCN2)c2cccc(F)c2)cc1. The van der Waals surface area contributed by atoms with Gasteiger partial charge in [0, 0.05) is 12.0 Å². The molecule has 0 aromatic heterocycles. The van der Waals surface area contributed by atoms with Gasteiger partial charge in [0.1, 0.15) is 5.82 Å². The summed E-state index contributed by atoms with van der Waals surface area (Å²) in [6, 6.07) is 16.8. The van der Waals surface area contributed by atoms with Crippen LogP contribution < -0.4 is 5.32 Å². The van der Waals surface area contributed by atoms with E-state index in [0.29, 0.717) is 11.6 Å². The number of benzene rings is 2. The first-order valence-corrected chi connectivity index (χ1v) is 7.60. The largest absolute Gasteiger partial charge is 0.314 e. The van der Waals surface area contributed by atoms with E-state index in [4.69, 9.17) is 5.26 Å². The van der Waals surface area contributed by atoms with Crippen molar-refractivity contribution >= 4 is 0 Å². The number of nitrogens with zero attached hydrogens (tertiary/aromatic N) is 1. The third-order valence-electron chi connectivity index (χ3n) is 4.13. The third kappa shape index (κ3) is 3.35. The Bertz CT molecular complexity index is 667. The Morgan fingerprint density at radius 1 is 1.18 bits per heavy atom. The van der Waals surface area contributed by atoms with Crippen LogP contribution in [0.2, 0.25) is 0 Å². The van der Waals surface area contributed by atoms with Crippen LogP contribution in [-0.2, 0) is 0 Å². The smallest absolute Gasteiger partial charge is 0.123 e. The van der Waals surface area contributed by atoms with E-state index >= 15 is 0 Å². The molecule has 2 nitrogen and oxygen atoms in total. The van der Waals surface area contributed by atoms with Crippen LogP contribution in [0.1, 0.15) is 35.4 Å². The van der Waals surface area contributed by atoms with E-state index in [9.17, 15) is 4.39 Å². The maximum Gasteiger partial charge on any atom is 0.123 e. The average molecular weight is 293 g/mol. The number of nitrogens with one attached hydrogen (secondary N) is 1. The van der Waals surface area contributed by atoms with Gasteiger partial charge in [-0.05, 0) is 61.2 Å². The number of hydrogen-bond acceptors (Lipinski definition) is 2. The Morgan fingerprint density at radius 2 is 2.00 bits per heavy atom. The number of hydrogen-bond donors (Lipinski definition) is 1. The molecule has 1 saturated heterocycles. The molecule has 1 aliphatic heterocycles. The van der Waals surface area contributed by atoms with Crippen LogP contribution in [0, 0.1) is 23.6 Å². The minimum Gasteiger partial charge on any atom is -0.314 e. The summed E-state index contributed by atoms with van der Waals surface area (Å²) in [6.07, 6.45) is 4.54. The molecule has 3 heteroatoms. The topological polar surface area (TPSA) is 35.8 Å². The van der Waals surface area contributed by atoms with E-state index in [-0.39, 0.29) is 11.7 Å². The molecule has 3 rings (SSSR count). The average Bonchev–Trinajstić information content (AvgIpc) is 3.06. The predicted octanol–water partition coefficient (Wildman–Crippen LogP) is 3.79. The fourth-order valence-corrected chi connectivity index (χ4v) is 2.99. The maximum atomic E-state index is 13.6. The molecular formula is C19H18FN2. The molecular weight excluding hydrogens is 275 g/mol. The van der Waals surface area contributed by atoms with Gasteiger partial charge in [-0.1, -0.05) is 24.3 Å².